The molecule has 0 fully saturated rings. The van der Waals surface area contributed by atoms with Gasteiger partial charge in [-0.2, -0.15) is 0 Å². The van der Waals surface area contributed by atoms with Crippen LogP contribution in [0.3, 0.4) is 0 Å². The summed E-state index contributed by atoms with van der Waals surface area (Å²) in [7, 11) is 1.65. The number of hydrogen-bond donors (Lipinski definition) is 3. The molecule has 0 aromatic heterocycles. The molecule has 9 nitrogen and oxygen atoms in total. The standard InChI is InChI=1S/C31H66N3O6P/c1-6-8-9-10-11-12-13-14-15-16-17-18-19-20-21-22-23-24-26-38-29-30(28-33-31(35)32-7-2)40-41(36,37)39-27-25-34(3,4)5/h30H,6-29H2,1-5H3,(H2-,32,33,35,36,37)/p+1. The SMILES string of the molecule is CCCCCCCCCCCCCCCCCCCCOCC(CNC(=O)NCC)OP(=O)(O)OCC[N+](C)(C)C. The van der Waals surface area contributed by atoms with Gasteiger partial charge in [0.05, 0.1) is 27.7 Å². The third-order valence-corrected chi connectivity index (χ3v) is 8.15. The molecule has 41 heavy (non-hydrogen) atoms. The number of nitrogens with one attached hydrogen (secondary N) is 2. The summed E-state index contributed by atoms with van der Waals surface area (Å²) in [5, 5.41) is 5.29. The lowest BCUT2D eigenvalue weighted by molar-refractivity contribution is -0.870. The third kappa shape index (κ3) is 30.6. The van der Waals surface area contributed by atoms with Gasteiger partial charge in [0, 0.05) is 19.7 Å². The van der Waals surface area contributed by atoms with Gasteiger partial charge in [-0.1, -0.05) is 116 Å². The molecule has 2 atom stereocenters. The molecule has 0 saturated heterocycles. The van der Waals surface area contributed by atoms with Crippen molar-refractivity contribution < 1.29 is 32.5 Å². The first-order valence-electron chi connectivity index (χ1n) is 16.6. The van der Waals surface area contributed by atoms with Gasteiger partial charge in [-0.25, -0.2) is 9.36 Å². The zero-order chi connectivity index (χ0) is 30.7. The predicted molar refractivity (Wildman–Crippen MR) is 170 cm³/mol. The highest BCUT2D eigenvalue weighted by Gasteiger charge is 2.28. The van der Waals surface area contributed by atoms with E-state index >= 15 is 0 Å². The Morgan fingerprint density at radius 2 is 1.20 bits per heavy atom. The van der Waals surface area contributed by atoms with Crippen LogP contribution >= 0.6 is 7.82 Å². The Morgan fingerprint density at radius 1 is 0.732 bits per heavy atom. The lowest BCUT2D eigenvalue weighted by Crippen LogP contribution is -2.41. The summed E-state index contributed by atoms with van der Waals surface area (Å²) in [5.41, 5.74) is 0. The molecule has 0 bridgehead atoms. The van der Waals surface area contributed by atoms with Gasteiger partial charge in [0.1, 0.15) is 19.3 Å². The maximum absolute atomic E-state index is 12.4. The van der Waals surface area contributed by atoms with E-state index in [1.807, 2.05) is 28.1 Å². The Morgan fingerprint density at radius 3 is 1.63 bits per heavy atom. The molecular weight excluding hydrogens is 541 g/mol. The molecule has 0 spiro atoms. The van der Waals surface area contributed by atoms with Crippen molar-refractivity contribution in [1.82, 2.24) is 10.6 Å². The second-order valence-electron chi connectivity index (χ2n) is 12.4. The van der Waals surface area contributed by atoms with Gasteiger partial charge < -0.3 is 24.7 Å². The Labute approximate surface area is 253 Å². The number of phosphoric acid groups is 1. The van der Waals surface area contributed by atoms with Gasteiger partial charge >= 0.3 is 13.9 Å². The number of nitrogens with zero attached hydrogens (tertiary/aromatic N) is 1. The number of likely N-dealkylation sites (N-methyl/N-ethyl adjacent to an activating group) is 1. The van der Waals surface area contributed by atoms with Crippen molar-refractivity contribution >= 4 is 13.9 Å². The normalized spacial score (nSPS) is 14.1. The van der Waals surface area contributed by atoms with E-state index in [0.717, 1.165) is 12.8 Å². The van der Waals surface area contributed by atoms with Gasteiger partial charge in [0.15, 0.2) is 0 Å². The maximum atomic E-state index is 12.4. The minimum atomic E-state index is -4.27. The molecule has 10 heteroatoms. The first-order valence-corrected chi connectivity index (χ1v) is 18.1. The number of phosphoric ester groups is 1. The number of ether oxygens (including phenoxy) is 1. The van der Waals surface area contributed by atoms with Crippen molar-refractivity contribution in [2.24, 2.45) is 0 Å². The van der Waals surface area contributed by atoms with E-state index in [0.29, 0.717) is 24.2 Å². The number of hydrogen-bond acceptors (Lipinski definition) is 5. The van der Waals surface area contributed by atoms with E-state index in [1.165, 1.54) is 103 Å². The van der Waals surface area contributed by atoms with Crippen LogP contribution in [0.2, 0.25) is 0 Å². The fourth-order valence-corrected chi connectivity index (χ4v) is 5.41. The van der Waals surface area contributed by atoms with Crippen LogP contribution in [0.4, 0.5) is 4.79 Å². The second kappa shape index (κ2) is 26.9. The average molecular weight is 609 g/mol. The molecule has 0 saturated carbocycles. The van der Waals surface area contributed by atoms with E-state index in [1.54, 1.807) is 0 Å². The molecule has 0 aliphatic carbocycles. The molecular formula is C31H67N3O6P+. The first-order chi connectivity index (χ1) is 19.6. The van der Waals surface area contributed by atoms with Gasteiger partial charge in [-0.15, -0.1) is 0 Å². The molecule has 0 aromatic carbocycles. The summed E-state index contributed by atoms with van der Waals surface area (Å²) < 4.78 is 29.2. The minimum absolute atomic E-state index is 0.0498. The highest BCUT2D eigenvalue weighted by molar-refractivity contribution is 7.47. The highest BCUT2D eigenvalue weighted by atomic mass is 31.2. The largest absolute Gasteiger partial charge is 0.472 e. The Balaban J connectivity index is 3.87. The van der Waals surface area contributed by atoms with Crippen LogP contribution in [0, 0.1) is 0 Å². The van der Waals surface area contributed by atoms with Crippen LogP contribution in [0.5, 0.6) is 0 Å². The number of quaternary nitrogens is 1. The Kier molecular flexibility index (Phi) is 26.4. The molecule has 0 rings (SSSR count). The summed E-state index contributed by atoms with van der Waals surface area (Å²) >= 11 is 0. The number of unbranched alkanes of at least 4 members (excludes halogenated alkanes) is 17. The molecule has 0 aliphatic rings. The summed E-state index contributed by atoms with van der Waals surface area (Å²) in [5.74, 6) is 0. The fourth-order valence-electron chi connectivity index (χ4n) is 4.53. The van der Waals surface area contributed by atoms with Gasteiger partial charge in [0.25, 0.3) is 0 Å². The molecule has 2 unspecified atom stereocenters. The fraction of sp³-hybridized carbons (Fsp3) is 0.968. The highest BCUT2D eigenvalue weighted by Crippen LogP contribution is 2.44. The number of carbonyl (C=O) groups excluding carboxylic acids is 1. The summed E-state index contributed by atoms with van der Waals surface area (Å²) in [6, 6.07) is -0.358. The van der Waals surface area contributed by atoms with Crippen LogP contribution in [0.15, 0.2) is 0 Å². The van der Waals surface area contributed by atoms with E-state index in [4.69, 9.17) is 13.8 Å². The van der Waals surface area contributed by atoms with Crippen molar-refractivity contribution in [3.05, 3.63) is 0 Å². The Hall–Kier alpha value is -0.700. The van der Waals surface area contributed by atoms with Crippen LogP contribution < -0.4 is 10.6 Å². The molecule has 0 aromatic rings. The zero-order valence-electron chi connectivity index (χ0n) is 27.4. The smallest absolute Gasteiger partial charge is 0.379 e. The Bertz CT molecular complexity index is 648. The first kappa shape index (κ1) is 40.3. The molecule has 2 amide bonds. The van der Waals surface area contributed by atoms with Crippen LogP contribution in [-0.2, 0) is 18.3 Å². The molecule has 246 valence electrons. The number of urea groups is 1. The van der Waals surface area contributed by atoms with E-state index < -0.39 is 13.9 Å². The minimum Gasteiger partial charge on any atom is -0.379 e. The van der Waals surface area contributed by atoms with Crippen molar-refractivity contribution in [3.63, 3.8) is 0 Å². The molecule has 0 radical (unpaired) electrons. The lowest BCUT2D eigenvalue weighted by Gasteiger charge is -2.25. The van der Waals surface area contributed by atoms with Crippen molar-refractivity contribution in [3.8, 4) is 0 Å². The lowest BCUT2D eigenvalue weighted by atomic mass is 10.0. The van der Waals surface area contributed by atoms with Crippen LogP contribution in [0.25, 0.3) is 0 Å². The van der Waals surface area contributed by atoms with Crippen molar-refractivity contribution in [1.29, 1.82) is 0 Å². The van der Waals surface area contributed by atoms with Gasteiger partial charge in [-0.05, 0) is 13.3 Å². The number of amides is 2. The van der Waals surface area contributed by atoms with Gasteiger partial charge in [-0.3, -0.25) is 9.05 Å². The molecule has 0 aliphatic heterocycles. The molecule has 3 N–H and O–H groups in total. The topological polar surface area (TPSA) is 106 Å². The third-order valence-electron chi connectivity index (χ3n) is 7.07. The van der Waals surface area contributed by atoms with E-state index in [9.17, 15) is 14.3 Å². The monoisotopic (exact) mass is 608 g/mol. The predicted octanol–water partition coefficient (Wildman–Crippen LogP) is 7.57. The second-order valence-corrected chi connectivity index (χ2v) is 13.8. The number of carbonyl (C=O) groups is 1. The van der Waals surface area contributed by atoms with Crippen LogP contribution in [-0.4, -0.2) is 82.1 Å². The quantitative estimate of drug-likeness (QED) is 0.0441. The molecule has 0 heterocycles. The van der Waals surface area contributed by atoms with Gasteiger partial charge in [0.2, 0.25) is 0 Å². The summed E-state index contributed by atoms with van der Waals surface area (Å²) in [6.07, 6.45) is 23.2. The average Bonchev–Trinajstić information content (AvgIpc) is 2.89. The van der Waals surface area contributed by atoms with Crippen LogP contribution in [0.1, 0.15) is 129 Å². The summed E-state index contributed by atoms with van der Waals surface area (Å²) in [4.78, 5) is 21.9. The zero-order valence-corrected chi connectivity index (χ0v) is 28.3. The maximum Gasteiger partial charge on any atom is 0.472 e. The van der Waals surface area contributed by atoms with E-state index in [2.05, 4.69) is 17.6 Å². The van der Waals surface area contributed by atoms with E-state index in [-0.39, 0.29) is 25.8 Å². The van der Waals surface area contributed by atoms with Crippen molar-refractivity contribution in [2.75, 3.05) is 60.6 Å². The number of rotatable bonds is 30. The summed E-state index contributed by atoms with van der Waals surface area (Å²) in [6.45, 7) is 5.94. The van der Waals surface area contributed by atoms with Crippen molar-refractivity contribution in [2.45, 2.75) is 136 Å².